The topological polar surface area (TPSA) is 118 Å². The Morgan fingerprint density at radius 2 is 1.64 bits per heavy atom. The van der Waals surface area contributed by atoms with Gasteiger partial charge in [-0.2, -0.15) is 4.68 Å². The Balaban J connectivity index is 0.00000648. The van der Waals surface area contributed by atoms with Crippen molar-refractivity contribution in [1.82, 2.24) is 10.00 Å². The van der Waals surface area contributed by atoms with Crippen molar-refractivity contribution in [2.24, 2.45) is 12.9 Å². The third-order valence-corrected chi connectivity index (χ3v) is 4.67. The van der Waals surface area contributed by atoms with E-state index in [0.717, 1.165) is 24.1 Å². The quantitative estimate of drug-likeness (QED) is 0.125. The number of amides is 1. The third-order valence-electron chi connectivity index (χ3n) is 4.67. The molecular formula is C25H39IN4O6. The van der Waals surface area contributed by atoms with Gasteiger partial charge in [0.15, 0.2) is 7.05 Å². The lowest BCUT2D eigenvalue weighted by atomic mass is 10.1. The highest BCUT2D eigenvalue weighted by molar-refractivity contribution is 5.75. The summed E-state index contributed by atoms with van der Waals surface area (Å²) in [5.41, 5.74) is 0.898. The Labute approximate surface area is 230 Å². The first-order valence-corrected chi connectivity index (χ1v) is 11.6. The van der Waals surface area contributed by atoms with Gasteiger partial charge in [-0.05, 0) is 65.7 Å². The Morgan fingerprint density at radius 3 is 2.19 bits per heavy atom. The first kappa shape index (κ1) is 31.6. The van der Waals surface area contributed by atoms with E-state index in [1.807, 2.05) is 69.2 Å². The van der Waals surface area contributed by atoms with E-state index >= 15 is 0 Å². The van der Waals surface area contributed by atoms with Gasteiger partial charge in [0.2, 0.25) is 12.3 Å². The molecular weight excluding hydrogens is 579 g/mol. The number of rotatable bonds is 10. The van der Waals surface area contributed by atoms with Gasteiger partial charge in [0.05, 0.1) is 18.3 Å². The Hall–Kier alpha value is -2.38. The molecule has 0 unspecified atom stereocenters. The number of carbonyl (C=O) groups excluding carboxylic acids is 2. The fourth-order valence-electron chi connectivity index (χ4n) is 3.12. The summed E-state index contributed by atoms with van der Waals surface area (Å²) in [6, 6.07) is 7.51. The molecule has 1 amide bonds. The fourth-order valence-corrected chi connectivity index (χ4v) is 3.12. The number of ether oxygens (including phenoxy) is 3. The second-order valence-corrected chi connectivity index (χ2v) is 10.2. The van der Waals surface area contributed by atoms with E-state index in [-0.39, 0.29) is 30.6 Å². The Bertz CT molecular complexity index is 980. The van der Waals surface area contributed by atoms with E-state index in [4.69, 9.17) is 24.9 Å². The molecule has 2 rings (SSSR count). The van der Waals surface area contributed by atoms with E-state index < -0.39 is 29.4 Å². The second kappa shape index (κ2) is 13.8. The van der Waals surface area contributed by atoms with E-state index in [9.17, 15) is 9.59 Å². The zero-order valence-electron chi connectivity index (χ0n) is 22.2. The van der Waals surface area contributed by atoms with E-state index in [0.29, 0.717) is 12.3 Å². The van der Waals surface area contributed by atoms with Gasteiger partial charge in [0, 0.05) is 6.54 Å². The zero-order chi connectivity index (χ0) is 26.2. The van der Waals surface area contributed by atoms with Gasteiger partial charge in [-0.3, -0.25) is 4.84 Å². The van der Waals surface area contributed by atoms with Crippen LogP contribution in [-0.2, 0) is 32.7 Å². The molecule has 36 heavy (non-hydrogen) atoms. The predicted molar refractivity (Wildman–Crippen MR) is 130 cm³/mol. The van der Waals surface area contributed by atoms with Crippen molar-refractivity contribution in [3.05, 3.63) is 36.7 Å². The molecule has 0 saturated carbocycles. The number of aryl methyl sites for hydroxylation is 2. The minimum absolute atomic E-state index is 0. The summed E-state index contributed by atoms with van der Waals surface area (Å²) in [5, 5.41) is 2.77. The fraction of sp³-hybridized carbons (Fsp3) is 0.560. The number of aromatic nitrogens is 2. The highest BCUT2D eigenvalue weighted by Crippen LogP contribution is 2.22. The SMILES string of the molecule is C[n+]1cc(-c2ccc(OC[C@H](ON)C(=O)OC(C)(C)C)cc2)cn1CCCNC(=O)OC(C)(C)C.[I-]. The number of hydrogen-bond donors (Lipinski definition) is 2. The van der Waals surface area contributed by atoms with Crippen LogP contribution in [0.3, 0.4) is 0 Å². The number of benzene rings is 1. The number of nitrogens with one attached hydrogen (secondary N) is 1. The zero-order valence-corrected chi connectivity index (χ0v) is 24.3. The summed E-state index contributed by atoms with van der Waals surface area (Å²) < 4.78 is 20.3. The molecule has 0 fully saturated rings. The normalized spacial score (nSPS) is 12.3. The van der Waals surface area contributed by atoms with Gasteiger partial charge in [0.1, 0.15) is 23.6 Å². The molecule has 1 atom stereocenters. The molecule has 0 spiro atoms. The van der Waals surface area contributed by atoms with Crippen molar-refractivity contribution < 1.29 is 57.3 Å². The maximum absolute atomic E-state index is 12.1. The first-order chi connectivity index (χ1) is 16.3. The number of carbonyl (C=O) groups is 2. The molecule has 0 radical (unpaired) electrons. The van der Waals surface area contributed by atoms with Crippen LogP contribution in [0.15, 0.2) is 36.7 Å². The van der Waals surface area contributed by atoms with E-state index in [1.165, 1.54) is 0 Å². The van der Waals surface area contributed by atoms with Crippen LogP contribution in [0.25, 0.3) is 11.1 Å². The van der Waals surface area contributed by atoms with Crippen LogP contribution in [0.4, 0.5) is 4.79 Å². The number of hydrogen-bond acceptors (Lipinski definition) is 7. The van der Waals surface area contributed by atoms with Gasteiger partial charge >= 0.3 is 12.1 Å². The van der Waals surface area contributed by atoms with E-state index in [2.05, 4.69) is 10.00 Å². The maximum atomic E-state index is 12.1. The molecule has 1 heterocycles. The van der Waals surface area contributed by atoms with Gasteiger partial charge in [-0.25, -0.2) is 15.5 Å². The average Bonchev–Trinajstić information content (AvgIpc) is 3.10. The molecule has 202 valence electrons. The van der Waals surface area contributed by atoms with Crippen LogP contribution in [0.2, 0.25) is 0 Å². The summed E-state index contributed by atoms with van der Waals surface area (Å²) >= 11 is 0. The minimum atomic E-state index is -1.02. The lowest BCUT2D eigenvalue weighted by Gasteiger charge is -2.22. The lowest BCUT2D eigenvalue weighted by molar-refractivity contribution is -0.753. The Kier molecular flexibility index (Phi) is 12.1. The molecule has 0 saturated heterocycles. The number of esters is 1. The highest BCUT2D eigenvalue weighted by atomic mass is 127. The van der Waals surface area contributed by atoms with E-state index in [1.54, 1.807) is 20.8 Å². The van der Waals surface area contributed by atoms with Crippen LogP contribution < -0.4 is 44.6 Å². The van der Waals surface area contributed by atoms with Crippen molar-refractivity contribution in [1.29, 1.82) is 0 Å². The largest absolute Gasteiger partial charge is 1.00 e. The van der Waals surface area contributed by atoms with Crippen molar-refractivity contribution in [2.75, 3.05) is 13.2 Å². The lowest BCUT2D eigenvalue weighted by Crippen LogP contribution is -3.00. The smallest absolute Gasteiger partial charge is 0.407 e. The molecule has 0 bridgehead atoms. The predicted octanol–water partition coefficient (Wildman–Crippen LogP) is -0.122. The van der Waals surface area contributed by atoms with Crippen LogP contribution in [0, 0.1) is 0 Å². The molecule has 0 aliphatic rings. The molecule has 1 aromatic heterocycles. The molecule has 3 N–H and O–H groups in total. The molecule has 0 aliphatic carbocycles. The number of nitrogens with two attached hydrogens (primary N) is 1. The number of nitrogens with zero attached hydrogens (tertiary/aromatic N) is 2. The van der Waals surface area contributed by atoms with Gasteiger partial charge in [0.25, 0.3) is 0 Å². The summed E-state index contributed by atoms with van der Waals surface area (Å²) in [6.07, 6.45) is 3.40. The maximum Gasteiger partial charge on any atom is 0.407 e. The van der Waals surface area contributed by atoms with Gasteiger partial charge in [-0.15, -0.1) is 4.68 Å². The highest BCUT2D eigenvalue weighted by Gasteiger charge is 2.26. The summed E-state index contributed by atoms with van der Waals surface area (Å²) in [5.74, 6) is 5.25. The monoisotopic (exact) mass is 618 g/mol. The van der Waals surface area contributed by atoms with Crippen LogP contribution in [-0.4, -0.2) is 47.2 Å². The second-order valence-electron chi connectivity index (χ2n) is 10.2. The third kappa shape index (κ3) is 11.1. The summed E-state index contributed by atoms with van der Waals surface area (Å²) in [7, 11) is 1.96. The molecule has 2 aromatic rings. The van der Waals surface area contributed by atoms with Gasteiger partial charge in [-0.1, -0.05) is 12.1 Å². The Morgan fingerprint density at radius 1 is 1.03 bits per heavy atom. The minimum Gasteiger partial charge on any atom is -1.00 e. The van der Waals surface area contributed by atoms with Crippen LogP contribution in [0.5, 0.6) is 5.75 Å². The van der Waals surface area contributed by atoms with Gasteiger partial charge < -0.3 is 43.5 Å². The first-order valence-electron chi connectivity index (χ1n) is 11.6. The van der Waals surface area contributed by atoms with Crippen LogP contribution in [0.1, 0.15) is 48.0 Å². The molecule has 1 aromatic carbocycles. The van der Waals surface area contributed by atoms with Crippen molar-refractivity contribution in [3.8, 4) is 16.9 Å². The van der Waals surface area contributed by atoms with Crippen molar-refractivity contribution >= 4 is 12.1 Å². The number of halogens is 1. The summed E-state index contributed by atoms with van der Waals surface area (Å²) in [4.78, 5) is 28.6. The molecule has 11 heteroatoms. The standard InChI is InChI=1S/C25H38N4O6.HI/c1-24(2,3)33-22(30)21(35-26)17-32-20-11-9-18(10-12-20)19-15-28(7)29(16-19)14-8-13-27-23(31)34-25(4,5)6;/h9-12,15-16,21H,8,13-14,17,26H2,1-7H3;1H/t21-;/m0./s1. The van der Waals surface area contributed by atoms with Crippen molar-refractivity contribution in [2.45, 2.75) is 71.8 Å². The average molecular weight is 619 g/mol. The summed E-state index contributed by atoms with van der Waals surface area (Å²) in [6.45, 7) is 12.0. The van der Waals surface area contributed by atoms with Crippen LogP contribution >= 0.6 is 0 Å². The molecule has 0 aliphatic heterocycles. The van der Waals surface area contributed by atoms with Crippen molar-refractivity contribution in [3.63, 3.8) is 0 Å². The number of alkyl carbamates (subject to hydrolysis) is 1. The molecule has 10 nitrogen and oxygen atoms in total.